The highest BCUT2D eigenvalue weighted by Crippen LogP contribution is 2.41. The molecule has 0 saturated carbocycles. The molecule has 1 amide bonds. The predicted molar refractivity (Wildman–Crippen MR) is 120 cm³/mol. The van der Waals surface area contributed by atoms with Crippen molar-refractivity contribution in [1.82, 2.24) is 29.5 Å². The number of anilines is 1. The Balaban J connectivity index is 1.58. The van der Waals surface area contributed by atoms with Gasteiger partial charge >= 0.3 is 12.1 Å². The van der Waals surface area contributed by atoms with Crippen molar-refractivity contribution >= 4 is 17.4 Å². The number of hydrogen-bond donors (Lipinski definition) is 2. The number of carbonyl (C=O) groups is 1. The zero-order valence-electron chi connectivity index (χ0n) is 19.6. The van der Waals surface area contributed by atoms with Crippen LogP contribution in [-0.2, 0) is 16.6 Å². The number of nitrogens with zero attached hydrogens (tertiary/aromatic N) is 5. The van der Waals surface area contributed by atoms with Crippen molar-refractivity contribution < 1.29 is 31.1 Å². The molecule has 1 aliphatic heterocycles. The summed E-state index contributed by atoms with van der Waals surface area (Å²) in [6, 6.07) is 4.01. The van der Waals surface area contributed by atoms with Gasteiger partial charge in [0.05, 0.1) is 17.5 Å². The van der Waals surface area contributed by atoms with Crippen LogP contribution in [0.2, 0.25) is 0 Å². The molecule has 9 nitrogen and oxygen atoms in total. The molecule has 5 rings (SSSR count). The normalized spacial score (nSPS) is 17.6. The molecule has 198 valence electrons. The lowest BCUT2D eigenvalue weighted by Crippen LogP contribution is -2.36. The number of hydrogen-bond acceptors (Lipinski definition) is 6. The second kappa shape index (κ2) is 8.36. The number of rotatable bonds is 5. The SMILES string of the molecule is Cc1cc(C2(C)C(=O)Nc3nc(-c4cn5ncnc5c(CCC(F)(F)C(F)(F)F)n4)[nH]c(=O)c32)ccc1F. The van der Waals surface area contributed by atoms with E-state index in [2.05, 4.69) is 30.4 Å². The van der Waals surface area contributed by atoms with Gasteiger partial charge in [0.25, 0.3) is 5.56 Å². The summed E-state index contributed by atoms with van der Waals surface area (Å²) >= 11 is 0. The molecule has 4 aromatic rings. The molecule has 38 heavy (non-hydrogen) atoms. The Morgan fingerprint density at radius 3 is 2.53 bits per heavy atom. The van der Waals surface area contributed by atoms with Crippen LogP contribution in [0.4, 0.5) is 32.2 Å². The van der Waals surface area contributed by atoms with E-state index in [4.69, 9.17) is 0 Å². The number of fused-ring (bicyclic) bond motifs is 2. The average molecular weight is 537 g/mol. The van der Waals surface area contributed by atoms with Crippen molar-refractivity contribution in [3.8, 4) is 11.5 Å². The maximum Gasteiger partial charge on any atom is 0.453 e. The van der Waals surface area contributed by atoms with Crippen LogP contribution in [0.25, 0.3) is 17.2 Å². The van der Waals surface area contributed by atoms with Gasteiger partial charge in [0.1, 0.15) is 29.1 Å². The van der Waals surface area contributed by atoms with Crippen LogP contribution >= 0.6 is 0 Å². The Kier molecular flexibility index (Phi) is 5.58. The van der Waals surface area contributed by atoms with E-state index in [1.54, 1.807) is 0 Å². The van der Waals surface area contributed by atoms with Crippen LogP contribution < -0.4 is 10.9 Å². The molecule has 1 aliphatic rings. The Morgan fingerprint density at radius 2 is 1.84 bits per heavy atom. The van der Waals surface area contributed by atoms with Crippen LogP contribution in [0.3, 0.4) is 0 Å². The number of alkyl halides is 5. The highest BCUT2D eigenvalue weighted by atomic mass is 19.4. The zero-order valence-corrected chi connectivity index (χ0v) is 19.6. The number of aryl methyl sites for hydroxylation is 2. The largest absolute Gasteiger partial charge is 0.453 e. The molecule has 1 unspecified atom stereocenters. The van der Waals surface area contributed by atoms with Crippen LogP contribution in [0.1, 0.15) is 35.7 Å². The summed E-state index contributed by atoms with van der Waals surface area (Å²) in [7, 11) is 0. The maximum absolute atomic E-state index is 13.8. The van der Waals surface area contributed by atoms with Crippen molar-refractivity contribution in [2.45, 2.75) is 44.2 Å². The second-order valence-corrected chi connectivity index (χ2v) is 8.98. The maximum atomic E-state index is 13.8. The van der Waals surface area contributed by atoms with Gasteiger partial charge in [-0.15, -0.1) is 0 Å². The topological polar surface area (TPSA) is 118 Å². The van der Waals surface area contributed by atoms with Crippen LogP contribution in [-0.4, -0.2) is 47.6 Å². The number of aromatic nitrogens is 6. The van der Waals surface area contributed by atoms with E-state index < -0.39 is 47.6 Å². The van der Waals surface area contributed by atoms with E-state index in [9.17, 15) is 35.9 Å². The molecule has 0 fully saturated rings. The number of carbonyl (C=O) groups excluding carboxylic acids is 1. The molecular formula is C23H17F6N7O2. The van der Waals surface area contributed by atoms with Crippen molar-refractivity contribution in [1.29, 1.82) is 0 Å². The van der Waals surface area contributed by atoms with E-state index in [1.807, 2.05) is 0 Å². The summed E-state index contributed by atoms with van der Waals surface area (Å²) in [6.07, 6.45) is -5.83. The Labute approximate surface area is 209 Å². The summed E-state index contributed by atoms with van der Waals surface area (Å²) in [4.78, 5) is 40.9. The highest BCUT2D eigenvalue weighted by molar-refractivity contribution is 6.07. The lowest BCUT2D eigenvalue weighted by Gasteiger charge is -2.22. The third-order valence-electron chi connectivity index (χ3n) is 6.51. The first-order valence-electron chi connectivity index (χ1n) is 11.1. The van der Waals surface area contributed by atoms with Crippen molar-refractivity contribution in [3.63, 3.8) is 0 Å². The van der Waals surface area contributed by atoms with Gasteiger partial charge < -0.3 is 10.3 Å². The predicted octanol–water partition coefficient (Wildman–Crippen LogP) is 3.71. The first kappa shape index (κ1) is 25.4. The average Bonchev–Trinajstić information content (AvgIpc) is 3.41. The van der Waals surface area contributed by atoms with E-state index in [0.29, 0.717) is 5.56 Å². The van der Waals surface area contributed by atoms with Crippen molar-refractivity contribution in [2.75, 3.05) is 5.32 Å². The summed E-state index contributed by atoms with van der Waals surface area (Å²) in [5.41, 5.74) is -2.07. The van der Waals surface area contributed by atoms with Crippen LogP contribution in [0.15, 0.2) is 35.5 Å². The van der Waals surface area contributed by atoms with Gasteiger partial charge in [-0.2, -0.15) is 27.1 Å². The fourth-order valence-electron chi connectivity index (χ4n) is 4.32. The molecule has 0 radical (unpaired) electrons. The summed E-state index contributed by atoms with van der Waals surface area (Å²) in [6.45, 7) is 2.99. The molecule has 2 N–H and O–H groups in total. The van der Waals surface area contributed by atoms with E-state index in [0.717, 1.165) is 10.8 Å². The fourth-order valence-corrected chi connectivity index (χ4v) is 4.32. The fraction of sp³-hybridized carbons (Fsp3) is 0.304. The Hall–Kier alpha value is -4.30. The minimum Gasteiger partial charge on any atom is -0.309 e. The Morgan fingerprint density at radius 1 is 1.11 bits per heavy atom. The standard InChI is InChI=1S/C23H17F6N7O2/c1-10-7-11(3-4-12(10)24)21(2)15-17(35-20(21)38)33-16(34-19(15)37)14-8-36-18(30-9-31-36)13(32-14)5-6-22(25,26)23(27,28)29/h3-4,7-9H,5-6H2,1-2H3,(H2,33,34,35,37,38). The minimum absolute atomic E-state index is 0.0378. The number of amides is 1. The molecule has 0 saturated heterocycles. The summed E-state index contributed by atoms with van der Waals surface area (Å²) in [5.74, 6) is -6.35. The third kappa shape index (κ3) is 3.88. The number of benzene rings is 1. The summed E-state index contributed by atoms with van der Waals surface area (Å²) < 4.78 is 80.0. The monoisotopic (exact) mass is 537 g/mol. The van der Waals surface area contributed by atoms with Crippen molar-refractivity contribution in [3.05, 3.63) is 69.3 Å². The molecule has 3 aromatic heterocycles. The third-order valence-corrected chi connectivity index (χ3v) is 6.51. The number of nitrogens with one attached hydrogen (secondary N) is 2. The molecule has 1 atom stereocenters. The van der Waals surface area contributed by atoms with Gasteiger partial charge in [-0.05, 0) is 37.5 Å². The van der Waals surface area contributed by atoms with Gasteiger partial charge in [-0.3, -0.25) is 9.59 Å². The first-order valence-corrected chi connectivity index (χ1v) is 11.1. The molecule has 4 heterocycles. The van der Waals surface area contributed by atoms with E-state index >= 15 is 0 Å². The molecule has 1 aromatic carbocycles. The van der Waals surface area contributed by atoms with Gasteiger partial charge in [0, 0.05) is 6.42 Å². The summed E-state index contributed by atoms with van der Waals surface area (Å²) in [5, 5.41) is 6.41. The molecule has 0 spiro atoms. The van der Waals surface area contributed by atoms with Gasteiger partial charge in [0.2, 0.25) is 5.91 Å². The minimum atomic E-state index is -5.74. The lowest BCUT2D eigenvalue weighted by atomic mass is 9.77. The Bertz CT molecular complexity index is 1660. The zero-order chi connectivity index (χ0) is 27.6. The van der Waals surface area contributed by atoms with Crippen LogP contribution in [0.5, 0.6) is 0 Å². The second-order valence-electron chi connectivity index (χ2n) is 8.98. The van der Waals surface area contributed by atoms with Crippen LogP contribution in [0, 0.1) is 12.7 Å². The van der Waals surface area contributed by atoms with E-state index in [-0.39, 0.29) is 39.8 Å². The van der Waals surface area contributed by atoms with Gasteiger partial charge in [-0.25, -0.2) is 23.9 Å². The van der Waals surface area contributed by atoms with Gasteiger partial charge in [-0.1, -0.05) is 12.1 Å². The number of halogens is 6. The quantitative estimate of drug-likeness (QED) is 0.375. The smallest absolute Gasteiger partial charge is 0.309 e. The lowest BCUT2D eigenvalue weighted by molar-refractivity contribution is -0.284. The van der Waals surface area contributed by atoms with Crippen molar-refractivity contribution in [2.24, 2.45) is 0 Å². The molecule has 0 bridgehead atoms. The number of H-pyrrole nitrogens is 1. The first-order chi connectivity index (χ1) is 17.7. The molecule has 0 aliphatic carbocycles. The highest BCUT2D eigenvalue weighted by Gasteiger charge is 2.56. The molecular weight excluding hydrogens is 520 g/mol. The molecule has 15 heteroatoms. The van der Waals surface area contributed by atoms with Gasteiger partial charge in [0.15, 0.2) is 11.5 Å². The van der Waals surface area contributed by atoms with E-state index in [1.165, 1.54) is 38.2 Å². The number of aromatic amines is 1.